The van der Waals surface area contributed by atoms with Crippen LogP contribution in [0.1, 0.15) is 58.0 Å². The first-order valence-electron chi connectivity index (χ1n) is 10.0. The number of hydrogen-bond acceptors (Lipinski definition) is 5. The molecule has 2 aliphatic heterocycles. The molecule has 5 heteroatoms. The second-order valence-electron chi connectivity index (χ2n) is 9.93. The number of aromatic nitrogens is 2. The molecule has 1 aromatic rings. The number of ether oxygens (including phenoxy) is 1. The molecule has 146 valence electrons. The summed E-state index contributed by atoms with van der Waals surface area (Å²) >= 11 is 0. The summed E-state index contributed by atoms with van der Waals surface area (Å²) in [6.45, 7) is 17.1. The van der Waals surface area contributed by atoms with Gasteiger partial charge in [-0.2, -0.15) is 0 Å². The van der Waals surface area contributed by atoms with Crippen LogP contribution in [-0.2, 0) is 4.74 Å². The van der Waals surface area contributed by atoms with Crippen molar-refractivity contribution in [3.05, 3.63) is 17.6 Å². The van der Waals surface area contributed by atoms with E-state index >= 15 is 0 Å². The van der Waals surface area contributed by atoms with Gasteiger partial charge in [-0.1, -0.05) is 27.7 Å². The van der Waals surface area contributed by atoms with E-state index in [9.17, 15) is 0 Å². The van der Waals surface area contributed by atoms with Crippen LogP contribution in [0.2, 0.25) is 0 Å². The molecule has 0 amide bonds. The quantitative estimate of drug-likeness (QED) is 0.808. The van der Waals surface area contributed by atoms with E-state index in [2.05, 4.69) is 50.6 Å². The SMILES string of the molecule is Cc1nc(C2CCN(C)CC(C)(C)C2)cc(N2CCOCC(C)(C)C2)n1. The summed E-state index contributed by atoms with van der Waals surface area (Å²) in [5, 5.41) is 0. The maximum atomic E-state index is 5.80. The van der Waals surface area contributed by atoms with E-state index in [1.165, 1.54) is 18.5 Å². The molecule has 26 heavy (non-hydrogen) atoms. The van der Waals surface area contributed by atoms with Crippen LogP contribution in [0.25, 0.3) is 0 Å². The highest BCUT2D eigenvalue weighted by molar-refractivity contribution is 5.41. The maximum Gasteiger partial charge on any atom is 0.132 e. The van der Waals surface area contributed by atoms with Crippen molar-refractivity contribution in [2.24, 2.45) is 10.8 Å². The Balaban J connectivity index is 1.87. The van der Waals surface area contributed by atoms with Gasteiger partial charge in [-0.25, -0.2) is 9.97 Å². The molecule has 0 saturated carbocycles. The van der Waals surface area contributed by atoms with Crippen molar-refractivity contribution in [3.63, 3.8) is 0 Å². The predicted octanol–water partition coefficient (Wildman–Crippen LogP) is 3.48. The van der Waals surface area contributed by atoms with E-state index in [1.54, 1.807) is 0 Å². The van der Waals surface area contributed by atoms with Gasteiger partial charge in [0.25, 0.3) is 0 Å². The van der Waals surface area contributed by atoms with E-state index < -0.39 is 0 Å². The third-order valence-electron chi connectivity index (χ3n) is 5.56. The van der Waals surface area contributed by atoms with Crippen LogP contribution in [0.4, 0.5) is 5.82 Å². The molecular formula is C21H36N4O. The van der Waals surface area contributed by atoms with Crippen LogP contribution in [-0.4, -0.2) is 61.3 Å². The Kier molecular flexibility index (Phi) is 5.59. The van der Waals surface area contributed by atoms with Crippen molar-refractivity contribution in [1.82, 2.24) is 14.9 Å². The van der Waals surface area contributed by atoms with Crippen molar-refractivity contribution in [2.75, 3.05) is 51.3 Å². The fourth-order valence-electron chi connectivity index (χ4n) is 4.58. The molecule has 3 heterocycles. The van der Waals surface area contributed by atoms with Gasteiger partial charge >= 0.3 is 0 Å². The third kappa shape index (κ3) is 4.95. The van der Waals surface area contributed by atoms with Crippen molar-refractivity contribution >= 4 is 5.82 Å². The number of aryl methyl sites for hydroxylation is 1. The fraction of sp³-hybridized carbons (Fsp3) is 0.810. The van der Waals surface area contributed by atoms with Crippen LogP contribution >= 0.6 is 0 Å². The van der Waals surface area contributed by atoms with E-state index in [0.717, 1.165) is 51.0 Å². The summed E-state index contributed by atoms with van der Waals surface area (Å²) in [5.41, 5.74) is 1.68. The molecule has 0 spiro atoms. The molecule has 2 fully saturated rings. The average molecular weight is 361 g/mol. The highest BCUT2D eigenvalue weighted by Gasteiger charge is 2.31. The number of hydrogen-bond donors (Lipinski definition) is 0. The minimum atomic E-state index is 0.141. The van der Waals surface area contributed by atoms with Crippen LogP contribution in [0.5, 0.6) is 0 Å². The molecule has 0 radical (unpaired) electrons. The van der Waals surface area contributed by atoms with E-state index in [0.29, 0.717) is 11.3 Å². The molecule has 2 saturated heterocycles. The Hall–Kier alpha value is -1.20. The van der Waals surface area contributed by atoms with Crippen molar-refractivity contribution in [3.8, 4) is 0 Å². The normalized spacial score (nSPS) is 27.0. The lowest BCUT2D eigenvalue weighted by Gasteiger charge is -2.30. The first-order chi connectivity index (χ1) is 12.1. The molecule has 2 aliphatic rings. The Bertz CT molecular complexity index is 628. The van der Waals surface area contributed by atoms with Crippen LogP contribution in [0.3, 0.4) is 0 Å². The highest BCUT2D eigenvalue weighted by atomic mass is 16.5. The van der Waals surface area contributed by atoms with E-state index in [4.69, 9.17) is 14.7 Å². The summed E-state index contributed by atoms with van der Waals surface area (Å²) in [7, 11) is 2.24. The van der Waals surface area contributed by atoms with Crippen LogP contribution < -0.4 is 4.90 Å². The van der Waals surface area contributed by atoms with Crippen molar-refractivity contribution in [1.29, 1.82) is 0 Å². The standard InChI is InChI=1S/C21H36N4O/c1-16-22-18(17-7-8-24(6)13-20(2,3)12-17)11-19(23-16)25-9-10-26-15-21(4,5)14-25/h11,17H,7-10,12-15H2,1-6H3. The minimum absolute atomic E-state index is 0.141. The van der Waals surface area contributed by atoms with Crippen LogP contribution in [0.15, 0.2) is 6.07 Å². The smallest absolute Gasteiger partial charge is 0.132 e. The van der Waals surface area contributed by atoms with Crippen LogP contribution in [0, 0.1) is 17.8 Å². The van der Waals surface area contributed by atoms with E-state index in [-0.39, 0.29) is 5.41 Å². The molecule has 5 nitrogen and oxygen atoms in total. The van der Waals surface area contributed by atoms with Crippen molar-refractivity contribution < 1.29 is 4.74 Å². The molecule has 0 bridgehead atoms. The van der Waals surface area contributed by atoms with Gasteiger partial charge in [-0.15, -0.1) is 0 Å². The van der Waals surface area contributed by atoms with Gasteiger partial charge in [-0.3, -0.25) is 0 Å². The highest BCUT2D eigenvalue weighted by Crippen LogP contribution is 2.37. The third-order valence-corrected chi connectivity index (χ3v) is 5.56. The lowest BCUT2D eigenvalue weighted by molar-refractivity contribution is 0.0893. The number of rotatable bonds is 2. The lowest BCUT2D eigenvalue weighted by Crippen LogP contribution is -2.35. The molecule has 0 aliphatic carbocycles. The van der Waals surface area contributed by atoms with Gasteiger partial charge in [0, 0.05) is 42.7 Å². The Morgan fingerprint density at radius 2 is 1.85 bits per heavy atom. The Morgan fingerprint density at radius 1 is 1.08 bits per heavy atom. The first-order valence-corrected chi connectivity index (χ1v) is 10.0. The molecule has 0 N–H and O–H groups in total. The lowest BCUT2D eigenvalue weighted by atomic mass is 9.81. The summed E-state index contributed by atoms with van der Waals surface area (Å²) < 4.78 is 5.80. The molecule has 1 atom stereocenters. The predicted molar refractivity (Wildman–Crippen MR) is 107 cm³/mol. The summed E-state index contributed by atoms with van der Waals surface area (Å²) in [6, 6.07) is 2.25. The first kappa shape index (κ1) is 19.6. The zero-order valence-corrected chi connectivity index (χ0v) is 17.5. The second-order valence-corrected chi connectivity index (χ2v) is 9.93. The van der Waals surface area contributed by atoms with Gasteiger partial charge in [0.05, 0.1) is 13.2 Å². The Labute approximate surface area is 159 Å². The second kappa shape index (κ2) is 7.43. The van der Waals surface area contributed by atoms with Gasteiger partial charge in [0.2, 0.25) is 0 Å². The molecule has 1 unspecified atom stereocenters. The van der Waals surface area contributed by atoms with E-state index in [1.807, 2.05) is 6.92 Å². The summed E-state index contributed by atoms with van der Waals surface area (Å²) in [4.78, 5) is 14.5. The van der Waals surface area contributed by atoms with Gasteiger partial charge in [0.15, 0.2) is 0 Å². The number of nitrogens with zero attached hydrogens (tertiary/aromatic N) is 4. The monoisotopic (exact) mass is 360 g/mol. The largest absolute Gasteiger partial charge is 0.379 e. The van der Waals surface area contributed by atoms with Gasteiger partial charge in [-0.05, 0) is 38.8 Å². The van der Waals surface area contributed by atoms with Gasteiger partial charge < -0.3 is 14.5 Å². The summed E-state index contributed by atoms with van der Waals surface area (Å²) in [6.07, 6.45) is 2.35. The minimum Gasteiger partial charge on any atom is -0.379 e. The number of likely N-dealkylation sites (tertiary alicyclic amines) is 1. The molecular weight excluding hydrogens is 324 g/mol. The summed E-state index contributed by atoms with van der Waals surface area (Å²) in [5.74, 6) is 2.46. The molecule has 3 rings (SSSR count). The van der Waals surface area contributed by atoms with Gasteiger partial charge in [0.1, 0.15) is 11.6 Å². The Morgan fingerprint density at radius 3 is 2.62 bits per heavy atom. The topological polar surface area (TPSA) is 41.5 Å². The molecule has 1 aromatic heterocycles. The number of anilines is 1. The zero-order valence-electron chi connectivity index (χ0n) is 17.5. The molecule has 0 aromatic carbocycles. The maximum absolute atomic E-state index is 5.80. The van der Waals surface area contributed by atoms with Crippen molar-refractivity contribution in [2.45, 2.75) is 53.4 Å². The zero-order chi connectivity index (χ0) is 18.9. The fourth-order valence-corrected chi connectivity index (χ4v) is 4.58. The average Bonchev–Trinajstić information content (AvgIpc) is 2.78.